The standard InChI is InChI=1S/C28H26ClN5O4/c1-34-22(9-12-30-34)25(35)33-24(18-7-5-16-3-2-4-20(29)23(16)18)26(36)31-17-6-8-19-21(15-17)32-27(37)28(19)10-13-38-14-11-28/h2-4,6,8-9,12,15H,5,7,10-11,13-14H2,1H3,(H,31,36)(H,32,37)(H,33,35)/b24-18-. The number of anilines is 2. The van der Waals surface area contributed by atoms with Gasteiger partial charge in [0.05, 0.1) is 5.41 Å². The minimum atomic E-state index is -0.593. The van der Waals surface area contributed by atoms with Gasteiger partial charge >= 0.3 is 0 Å². The molecule has 3 aliphatic rings. The third-order valence-corrected chi connectivity index (χ3v) is 8.00. The summed E-state index contributed by atoms with van der Waals surface area (Å²) >= 11 is 6.54. The zero-order chi connectivity index (χ0) is 26.4. The maximum absolute atomic E-state index is 13.7. The van der Waals surface area contributed by atoms with E-state index in [2.05, 4.69) is 21.0 Å². The van der Waals surface area contributed by atoms with E-state index in [1.807, 2.05) is 18.2 Å². The number of halogens is 1. The molecule has 194 valence electrons. The van der Waals surface area contributed by atoms with Gasteiger partial charge in [-0.2, -0.15) is 5.10 Å². The van der Waals surface area contributed by atoms with Crippen molar-refractivity contribution in [3.8, 4) is 0 Å². The monoisotopic (exact) mass is 531 g/mol. The van der Waals surface area contributed by atoms with Crippen molar-refractivity contribution in [2.45, 2.75) is 31.1 Å². The number of rotatable bonds is 4. The number of carbonyl (C=O) groups is 3. The third kappa shape index (κ3) is 3.99. The average molecular weight is 532 g/mol. The predicted molar refractivity (Wildman–Crippen MR) is 143 cm³/mol. The van der Waals surface area contributed by atoms with Gasteiger partial charge in [0.15, 0.2) is 0 Å². The Morgan fingerprint density at radius 3 is 2.71 bits per heavy atom. The summed E-state index contributed by atoms with van der Waals surface area (Å²) in [6.45, 7) is 1.06. The molecule has 2 aliphatic heterocycles. The van der Waals surface area contributed by atoms with Gasteiger partial charge in [-0.05, 0) is 66.6 Å². The van der Waals surface area contributed by atoms with Gasteiger partial charge in [0, 0.05) is 48.4 Å². The van der Waals surface area contributed by atoms with E-state index in [1.165, 1.54) is 10.9 Å². The molecular formula is C28H26ClN5O4. The summed E-state index contributed by atoms with van der Waals surface area (Å²) in [5.41, 5.74) is 4.42. The molecule has 1 saturated heterocycles. The number of amides is 3. The fourth-order valence-electron chi connectivity index (χ4n) is 5.71. The van der Waals surface area contributed by atoms with E-state index in [0.29, 0.717) is 66.6 Å². The van der Waals surface area contributed by atoms with E-state index in [-0.39, 0.29) is 11.6 Å². The van der Waals surface area contributed by atoms with Crippen molar-refractivity contribution in [2.75, 3.05) is 23.8 Å². The molecular weight excluding hydrogens is 506 g/mol. The highest BCUT2D eigenvalue weighted by atomic mass is 35.5. The lowest BCUT2D eigenvalue weighted by Gasteiger charge is -2.31. The Kier molecular flexibility index (Phi) is 6.04. The second kappa shape index (κ2) is 9.41. The molecule has 0 saturated carbocycles. The average Bonchev–Trinajstić information content (AvgIpc) is 3.60. The summed E-state index contributed by atoms with van der Waals surface area (Å²) in [7, 11) is 1.66. The van der Waals surface area contributed by atoms with Crippen LogP contribution in [0.2, 0.25) is 5.02 Å². The molecule has 1 aromatic heterocycles. The first-order chi connectivity index (χ1) is 18.4. The van der Waals surface area contributed by atoms with E-state index in [9.17, 15) is 14.4 Å². The van der Waals surface area contributed by atoms with Gasteiger partial charge in [0.1, 0.15) is 11.4 Å². The first kappa shape index (κ1) is 24.4. The summed E-state index contributed by atoms with van der Waals surface area (Å²) in [6, 6.07) is 12.6. The number of nitrogens with one attached hydrogen (secondary N) is 3. The highest BCUT2D eigenvalue weighted by Crippen LogP contribution is 2.45. The zero-order valence-corrected chi connectivity index (χ0v) is 21.5. The van der Waals surface area contributed by atoms with Gasteiger partial charge in [0.2, 0.25) is 5.91 Å². The second-order valence-corrected chi connectivity index (χ2v) is 10.2. The first-order valence-electron chi connectivity index (χ1n) is 12.5. The fraction of sp³-hybridized carbons (Fsp3) is 0.286. The number of ether oxygens (including phenoxy) is 1. The summed E-state index contributed by atoms with van der Waals surface area (Å²) < 4.78 is 6.92. The van der Waals surface area contributed by atoms with Crippen LogP contribution >= 0.6 is 11.6 Å². The number of aryl methyl sites for hydroxylation is 2. The van der Waals surface area contributed by atoms with Crippen LogP contribution in [0.4, 0.5) is 11.4 Å². The number of hydrogen-bond acceptors (Lipinski definition) is 5. The van der Waals surface area contributed by atoms with Crippen LogP contribution in [0.25, 0.3) is 5.57 Å². The lowest BCUT2D eigenvalue weighted by molar-refractivity contribution is -0.124. The van der Waals surface area contributed by atoms with E-state index >= 15 is 0 Å². The quantitative estimate of drug-likeness (QED) is 0.443. The zero-order valence-electron chi connectivity index (χ0n) is 20.8. The normalized spacial score (nSPS) is 18.5. The molecule has 9 nitrogen and oxygen atoms in total. The third-order valence-electron chi connectivity index (χ3n) is 7.69. The van der Waals surface area contributed by atoms with Crippen LogP contribution in [0, 0.1) is 0 Å². The number of carbonyl (C=O) groups excluding carboxylic acids is 3. The molecule has 1 fully saturated rings. The van der Waals surface area contributed by atoms with Gasteiger partial charge in [-0.3, -0.25) is 19.1 Å². The number of hydrogen-bond donors (Lipinski definition) is 3. The van der Waals surface area contributed by atoms with Crippen LogP contribution in [-0.2, 0) is 33.2 Å². The smallest absolute Gasteiger partial charge is 0.274 e. The Balaban J connectivity index is 1.34. The van der Waals surface area contributed by atoms with Crippen LogP contribution < -0.4 is 16.0 Å². The van der Waals surface area contributed by atoms with Crippen molar-refractivity contribution in [3.63, 3.8) is 0 Å². The molecule has 3 aromatic rings. The second-order valence-electron chi connectivity index (χ2n) is 9.78. The van der Waals surface area contributed by atoms with Crippen LogP contribution in [0.5, 0.6) is 0 Å². The lowest BCUT2D eigenvalue weighted by Crippen LogP contribution is -2.39. The summed E-state index contributed by atoms with van der Waals surface area (Å²) in [6.07, 6.45) is 4.02. The number of fused-ring (bicyclic) bond motifs is 3. The lowest BCUT2D eigenvalue weighted by atomic mass is 9.75. The van der Waals surface area contributed by atoms with Crippen LogP contribution in [0.15, 0.2) is 54.4 Å². The molecule has 3 heterocycles. The molecule has 0 atom stereocenters. The molecule has 1 spiro atoms. The topological polar surface area (TPSA) is 114 Å². The Morgan fingerprint density at radius 1 is 1.13 bits per heavy atom. The molecule has 3 N–H and O–H groups in total. The van der Waals surface area contributed by atoms with Crippen LogP contribution in [-0.4, -0.2) is 40.7 Å². The van der Waals surface area contributed by atoms with Gasteiger partial charge in [-0.15, -0.1) is 0 Å². The summed E-state index contributed by atoms with van der Waals surface area (Å²) in [5.74, 6) is -0.970. The Bertz CT molecular complexity index is 1520. The highest BCUT2D eigenvalue weighted by Gasteiger charge is 2.47. The Morgan fingerprint density at radius 2 is 1.95 bits per heavy atom. The molecule has 38 heavy (non-hydrogen) atoms. The van der Waals surface area contributed by atoms with Crippen LogP contribution in [0.3, 0.4) is 0 Å². The minimum Gasteiger partial charge on any atom is -0.381 e. The van der Waals surface area contributed by atoms with Crippen molar-refractivity contribution in [1.29, 1.82) is 0 Å². The number of benzene rings is 2. The molecule has 0 radical (unpaired) electrons. The summed E-state index contributed by atoms with van der Waals surface area (Å²) in [5, 5.41) is 13.3. The number of nitrogens with zero attached hydrogens (tertiary/aromatic N) is 2. The molecule has 6 rings (SSSR count). The molecule has 0 bridgehead atoms. The molecule has 2 aromatic carbocycles. The molecule has 10 heteroatoms. The SMILES string of the molecule is Cn1nccc1C(=O)N/C(C(=O)Nc1ccc2c(c1)NC(=O)C21CCOCC1)=C1/CCc2cccc(Cl)c21. The summed E-state index contributed by atoms with van der Waals surface area (Å²) in [4.78, 5) is 39.8. The van der Waals surface area contributed by atoms with Crippen molar-refractivity contribution >= 4 is 46.3 Å². The minimum absolute atomic E-state index is 0.0391. The first-order valence-corrected chi connectivity index (χ1v) is 12.9. The van der Waals surface area contributed by atoms with E-state index in [0.717, 1.165) is 16.7 Å². The fourth-order valence-corrected chi connectivity index (χ4v) is 6.02. The highest BCUT2D eigenvalue weighted by molar-refractivity contribution is 6.33. The predicted octanol–water partition coefficient (Wildman–Crippen LogP) is 3.80. The van der Waals surface area contributed by atoms with Gasteiger partial charge in [0.25, 0.3) is 11.8 Å². The molecule has 3 amide bonds. The maximum Gasteiger partial charge on any atom is 0.274 e. The number of allylic oxidation sites excluding steroid dienone is 1. The van der Waals surface area contributed by atoms with Crippen molar-refractivity contribution in [2.24, 2.45) is 7.05 Å². The van der Waals surface area contributed by atoms with Gasteiger partial charge in [-0.1, -0.05) is 29.8 Å². The largest absolute Gasteiger partial charge is 0.381 e. The van der Waals surface area contributed by atoms with E-state index in [4.69, 9.17) is 16.3 Å². The molecule has 0 unspecified atom stereocenters. The molecule has 1 aliphatic carbocycles. The van der Waals surface area contributed by atoms with E-state index in [1.54, 1.807) is 31.3 Å². The van der Waals surface area contributed by atoms with Gasteiger partial charge < -0.3 is 20.7 Å². The van der Waals surface area contributed by atoms with E-state index < -0.39 is 17.2 Å². The van der Waals surface area contributed by atoms with Crippen molar-refractivity contribution in [1.82, 2.24) is 15.1 Å². The number of aromatic nitrogens is 2. The Labute approximate surface area is 224 Å². The van der Waals surface area contributed by atoms with Crippen molar-refractivity contribution in [3.05, 3.63) is 81.8 Å². The van der Waals surface area contributed by atoms with Crippen LogP contribution in [0.1, 0.15) is 46.4 Å². The maximum atomic E-state index is 13.7. The van der Waals surface area contributed by atoms with Crippen molar-refractivity contribution < 1.29 is 19.1 Å². The Hall–Kier alpha value is -3.95. The van der Waals surface area contributed by atoms with Gasteiger partial charge in [-0.25, -0.2) is 0 Å².